The lowest BCUT2D eigenvalue weighted by Gasteiger charge is -2.31. The third-order valence-corrected chi connectivity index (χ3v) is 6.54. The van der Waals surface area contributed by atoms with Crippen LogP contribution in [0.2, 0.25) is 5.02 Å². The summed E-state index contributed by atoms with van der Waals surface area (Å²) in [6.07, 6.45) is 1.68. The number of sulfonamides is 1. The van der Waals surface area contributed by atoms with Gasteiger partial charge in [-0.05, 0) is 37.5 Å². The Bertz CT molecular complexity index is 587. The van der Waals surface area contributed by atoms with E-state index in [-0.39, 0.29) is 5.75 Å². The lowest BCUT2D eigenvalue weighted by Crippen LogP contribution is -2.45. The van der Waals surface area contributed by atoms with E-state index >= 15 is 0 Å². The Kier molecular flexibility index (Phi) is 6.08. The maximum atomic E-state index is 11.8. The molecule has 0 bridgehead atoms. The highest BCUT2D eigenvalue weighted by Crippen LogP contribution is 2.22. The molecule has 0 unspecified atom stereocenters. The van der Waals surface area contributed by atoms with Crippen molar-refractivity contribution in [3.05, 3.63) is 33.3 Å². The quantitative estimate of drug-likeness (QED) is 0.834. The Labute approximate surface area is 140 Å². The predicted octanol–water partition coefficient (Wildman–Crippen LogP) is 3.01. The first kappa shape index (κ1) is 17.2. The highest BCUT2D eigenvalue weighted by Gasteiger charge is 2.26. The van der Waals surface area contributed by atoms with Gasteiger partial charge in [0.05, 0.1) is 5.75 Å². The van der Waals surface area contributed by atoms with E-state index in [1.807, 2.05) is 18.2 Å². The molecule has 4 nitrogen and oxygen atoms in total. The van der Waals surface area contributed by atoms with E-state index in [0.29, 0.717) is 25.7 Å². The summed E-state index contributed by atoms with van der Waals surface area (Å²) < 4.78 is 26.2. The molecule has 0 saturated carbocycles. The lowest BCUT2D eigenvalue weighted by atomic mass is 10.1. The first-order valence-electron chi connectivity index (χ1n) is 7.07. The van der Waals surface area contributed by atoms with Crippen LogP contribution >= 0.6 is 27.5 Å². The van der Waals surface area contributed by atoms with Gasteiger partial charge in [0, 0.05) is 35.2 Å². The zero-order valence-corrected chi connectivity index (χ0v) is 15.1. The largest absolute Gasteiger partial charge is 0.310 e. The normalized spacial score (nSPS) is 18.0. The molecule has 0 radical (unpaired) electrons. The highest BCUT2D eigenvalue weighted by atomic mass is 79.9. The molecule has 0 amide bonds. The van der Waals surface area contributed by atoms with Gasteiger partial charge in [-0.15, -0.1) is 0 Å². The summed E-state index contributed by atoms with van der Waals surface area (Å²) in [5.41, 5.74) is 1.06. The minimum Gasteiger partial charge on any atom is -0.310 e. The van der Waals surface area contributed by atoms with Crippen molar-refractivity contribution < 1.29 is 8.42 Å². The minimum atomic E-state index is -3.04. The number of rotatable bonds is 5. The van der Waals surface area contributed by atoms with Gasteiger partial charge in [0.1, 0.15) is 0 Å². The summed E-state index contributed by atoms with van der Waals surface area (Å²) >= 11 is 9.58. The molecule has 1 fully saturated rings. The Morgan fingerprint density at radius 2 is 2.05 bits per heavy atom. The van der Waals surface area contributed by atoms with Gasteiger partial charge < -0.3 is 5.32 Å². The molecule has 1 aliphatic rings. The van der Waals surface area contributed by atoms with Gasteiger partial charge in [0.25, 0.3) is 0 Å². The molecule has 1 aromatic carbocycles. The zero-order chi connectivity index (χ0) is 15.5. The predicted molar refractivity (Wildman–Crippen MR) is 90.0 cm³/mol. The number of hydrogen-bond donors (Lipinski definition) is 1. The highest BCUT2D eigenvalue weighted by molar-refractivity contribution is 9.10. The van der Waals surface area contributed by atoms with Crippen LogP contribution in [-0.2, 0) is 16.6 Å². The zero-order valence-electron chi connectivity index (χ0n) is 12.0. The average molecular weight is 396 g/mol. The molecule has 0 aliphatic carbocycles. The number of halogens is 2. The fourth-order valence-corrected chi connectivity index (χ4v) is 4.31. The summed E-state index contributed by atoms with van der Waals surface area (Å²) in [7, 11) is -3.04. The van der Waals surface area contributed by atoms with Crippen LogP contribution in [0.3, 0.4) is 0 Å². The van der Waals surface area contributed by atoms with Crippen LogP contribution in [0, 0.1) is 0 Å². The summed E-state index contributed by atoms with van der Waals surface area (Å²) in [4.78, 5) is 0. The Morgan fingerprint density at radius 3 is 2.62 bits per heavy atom. The van der Waals surface area contributed by atoms with Gasteiger partial charge in [-0.2, -0.15) is 0 Å². The van der Waals surface area contributed by atoms with Gasteiger partial charge in [-0.1, -0.05) is 33.6 Å². The van der Waals surface area contributed by atoms with E-state index in [0.717, 1.165) is 27.9 Å². The van der Waals surface area contributed by atoms with Crippen LogP contribution in [0.1, 0.15) is 25.3 Å². The minimum absolute atomic E-state index is 0.180. The Morgan fingerprint density at radius 1 is 1.38 bits per heavy atom. The van der Waals surface area contributed by atoms with Crippen molar-refractivity contribution in [2.24, 2.45) is 0 Å². The molecule has 21 heavy (non-hydrogen) atoms. The van der Waals surface area contributed by atoms with Crippen molar-refractivity contribution in [3.8, 4) is 0 Å². The summed E-state index contributed by atoms with van der Waals surface area (Å²) in [5.74, 6) is 0.180. The molecular formula is C14H20BrClN2O2S. The molecule has 2 rings (SSSR count). The van der Waals surface area contributed by atoms with Crippen LogP contribution in [0.4, 0.5) is 0 Å². The van der Waals surface area contributed by atoms with Gasteiger partial charge in [0.15, 0.2) is 0 Å². The number of hydrogen-bond acceptors (Lipinski definition) is 3. The number of nitrogens with one attached hydrogen (secondary N) is 1. The van der Waals surface area contributed by atoms with Gasteiger partial charge in [-0.25, -0.2) is 12.7 Å². The third-order valence-electron chi connectivity index (χ3n) is 3.81. The average Bonchev–Trinajstić information content (AvgIpc) is 2.47. The molecule has 0 aromatic heterocycles. The van der Waals surface area contributed by atoms with Crippen LogP contribution in [0.5, 0.6) is 0 Å². The summed E-state index contributed by atoms with van der Waals surface area (Å²) in [5, 5.41) is 4.21. The molecule has 1 saturated heterocycles. The fourth-order valence-electron chi connectivity index (χ4n) is 2.44. The van der Waals surface area contributed by atoms with Crippen LogP contribution in [0.25, 0.3) is 0 Å². The van der Waals surface area contributed by atoms with Crippen LogP contribution in [-0.4, -0.2) is 37.6 Å². The van der Waals surface area contributed by atoms with E-state index in [2.05, 4.69) is 21.2 Å². The van der Waals surface area contributed by atoms with E-state index < -0.39 is 10.0 Å². The number of nitrogens with zero attached hydrogens (tertiary/aromatic N) is 1. The Balaban J connectivity index is 1.84. The SMILES string of the molecule is CCS(=O)(=O)N1CCC(NCc2ccc(Br)cc2Cl)CC1. The van der Waals surface area contributed by atoms with Crippen molar-refractivity contribution >= 4 is 37.6 Å². The lowest BCUT2D eigenvalue weighted by molar-refractivity contribution is 0.289. The van der Waals surface area contributed by atoms with Crippen LogP contribution in [0.15, 0.2) is 22.7 Å². The molecule has 118 valence electrons. The first-order valence-corrected chi connectivity index (χ1v) is 9.85. The molecule has 0 spiro atoms. The monoisotopic (exact) mass is 394 g/mol. The molecule has 1 heterocycles. The second kappa shape index (κ2) is 7.42. The third kappa shape index (κ3) is 4.66. The van der Waals surface area contributed by atoms with E-state index in [1.165, 1.54) is 0 Å². The molecular weight excluding hydrogens is 376 g/mol. The van der Waals surface area contributed by atoms with Gasteiger partial charge in [0.2, 0.25) is 10.0 Å². The first-order chi connectivity index (χ1) is 9.92. The second-order valence-corrected chi connectivity index (χ2v) is 8.77. The number of benzene rings is 1. The summed E-state index contributed by atoms with van der Waals surface area (Å²) in [6.45, 7) is 3.59. The van der Waals surface area contributed by atoms with E-state index in [9.17, 15) is 8.42 Å². The fraction of sp³-hybridized carbons (Fsp3) is 0.571. The summed E-state index contributed by atoms with van der Waals surface area (Å²) in [6, 6.07) is 6.19. The smallest absolute Gasteiger partial charge is 0.213 e. The van der Waals surface area contributed by atoms with E-state index in [1.54, 1.807) is 11.2 Å². The second-order valence-electron chi connectivity index (χ2n) is 5.19. The molecule has 0 atom stereocenters. The number of piperidine rings is 1. The molecule has 1 aliphatic heterocycles. The Hall–Kier alpha value is -0.140. The van der Waals surface area contributed by atoms with E-state index in [4.69, 9.17) is 11.6 Å². The molecule has 1 N–H and O–H groups in total. The van der Waals surface area contributed by atoms with Crippen molar-refractivity contribution in [1.29, 1.82) is 0 Å². The van der Waals surface area contributed by atoms with Crippen molar-refractivity contribution in [3.63, 3.8) is 0 Å². The maximum Gasteiger partial charge on any atom is 0.213 e. The van der Waals surface area contributed by atoms with Gasteiger partial charge in [-0.3, -0.25) is 0 Å². The van der Waals surface area contributed by atoms with Gasteiger partial charge >= 0.3 is 0 Å². The van der Waals surface area contributed by atoms with Crippen molar-refractivity contribution in [1.82, 2.24) is 9.62 Å². The molecule has 7 heteroatoms. The van der Waals surface area contributed by atoms with Crippen LogP contribution < -0.4 is 5.32 Å². The molecule has 1 aromatic rings. The van der Waals surface area contributed by atoms with Crippen molar-refractivity contribution in [2.45, 2.75) is 32.4 Å². The maximum absolute atomic E-state index is 11.8. The van der Waals surface area contributed by atoms with Crippen molar-refractivity contribution in [2.75, 3.05) is 18.8 Å². The standard InChI is InChI=1S/C14H20BrClN2O2S/c1-2-21(19,20)18-7-5-13(6-8-18)17-10-11-3-4-12(15)9-14(11)16/h3-4,9,13,17H,2,5-8,10H2,1H3. The topological polar surface area (TPSA) is 49.4 Å².